The summed E-state index contributed by atoms with van der Waals surface area (Å²) in [5.74, 6) is -0.285. The fourth-order valence-corrected chi connectivity index (χ4v) is 2.27. The number of nitrogens with one attached hydrogen (secondary N) is 1. The Bertz CT molecular complexity index is 503. The van der Waals surface area contributed by atoms with Crippen LogP contribution >= 0.6 is 0 Å². The largest absolute Gasteiger partial charge is 0.356 e. The lowest BCUT2D eigenvalue weighted by Crippen LogP contribution is -2.27. The van der Waals surface area contributed by atoms with Crippen molar-refractivity contribution in [3.63, 3.8) is 0 Å². The van der Waals surface area contributed by atoms with Crippen LogP contribution in [0.15, 0.2) is 22.7 Å². The molecule has 1 aromatic heterocycles. The minimum atomic E-state index is -0.285. The van der Waals surface area contributed by atoms with Gasteiger partial charge in [-0.1, -0.05) is 11.6 Å². The molecule has 1 unspecified atom stereocenters. The Morgan fingerprint density at radius 2 is 2.31 bits per heavy atom. The van der Waals surface area contributed by atoms with E-state index in [9.17, 15) is 4.39 Å². The minimum Gasteiger partial charge on any atom is -0.356 e. The molecule has 1 atom stereocenters. The summed E-state index contributed by atoms with van der Waals surface area (Å²) in [6.45, 7) is 1.01. The number of rotatable bonds is 1. The fourth-order valence-electron chi connectivity index (χ4n) is 2.27. The van der Waals surface area contributed by atoms with E-state index in [2.05, 4.69) is 10.5 Å². The third kappa shape index (κ3) is 1.59. The first kappa shape index (κ1) is 9.78. The van der Waals surface area contributed by atoms with Gasteiger partial charge < -0.3 is 9.84 Å². The summed E-state index contributed by atoms with van der Waals surface area (Å²) in [5.41, 5.74) is 1.44. The van der Waals surface area contributed by atoms with Gasteiger partial charge in [0.1, 0.15) is 11.5 Å². The van der Waals surface area contributed by atoms with E-state index in [0.717, 1.165) is 24.0 Å². The molecule has 1 saturated heterocycles. The zero-order chi connectivity index (χ0) is 11.0. The van der Waals surface area contributed by atoms with Crippen molar-refractivity contribution >= 4 is 11.0 Å². The van der Waals surface area contributed by atoms with E-state index in [1.54, 1.807) is 6.07 Å². The quantitative estimate of drug-likeness (QED) is 0.803. The standard InChI is InChI=1S/C12H13FN2O/c13-8-4-5-9-11(7-8)16-15-12(9)10-3-1-2-6-14-10/h4-5,7,10,14H,1-3,6H2. The molecule has 16 heavy (non-hydrogen) atoms. The van der Waals surface area contributed by atoms with Crippen LogP contribution in [0.1, 0.15) is 31.0 Å². The van der Waals surface area contributed by atoms with Crippen molar-refractivity contribution < 1.29 is 8.91 Å². The summed E-state index contributed by atoms with van der Waals surface area (Å²) in [6, 6.07) is 4.83. The van der Waals surface area contributed by atoms with E-state index < -0.39 is 0 Å². The number of benzene rings is 1. The maximum Gasteiger partial charge on any atom is 0.170 e. The van der Waals surface area contributed by atoms with Crippen LogP contribution in [-0.4, -0.2) is 11.7 Å². The first-order valence-electron chi connectivity index (χ1n) is 5.63. The molecule has 0 bridgehead atoms. The highest BCUT2D eigenvalue weighted by atomic mass is 19.1. The normalized spacial score (nSPS) is 21.4. The Morgan fingerprint density at radius 1 is 1.38 bits per heavy atom. The van der Waals surface area contributed by atoms with Gasteiger partial charge in [-0.25, -0.2) is 4.39 Å². The van der Waals surface area contributed by atoms with Crippen molar-refractivity contribution in [1.29, 1.82) is 0 Å². The summed E-state index contributed by atoms with van der Waals surface area (Å²) >= 11 is 0. The molecule has 0 aliphatic carbocycles. The second-order valence-corrected chi connectivity index (χ2v) is 4.21. The number of hydrogen-bond acceptors (Lipinski definition) is 3. The first-order chi connectivity index (χ1) is 7.84. The van der Waals surface area contributed by atoms with Gasteiger partial charge in [-0.05, 0) is 31.5 Å². The van der Waals surface area contributed by atoms with Gasteiger partial charge in [0.15, 0.2) is 5.58 Å². The van der Waals surface area contributed by atoms with Gasteiger partial charge >= 0.3 is 0 Å². The molecule has 84 valence electrons. The molecule has 0 saturated carbocycles. The number of aromatic nitrogens is 1. The van der Waals surface area contributed by atoms with Crippen molar-refractivity contribution in [1.82, 2.24) is 10.5 Å². The molecule has 1 aromatic carbocycles. The second-order valence-electron chi connectivity index (χ2n) is 4.21. The topological polar surface area (TPSA) is 38.1 Å². The summed E-state index contributed by atoms with van der Waals surface area (Å²) < 4.78 is 18.1. The first-order valence-corrected chi connectivity index (χ1v) is 5.63. The van der Waals surface area contributed by atoms with Crippen LogP contribution in [0.25, 0.3) is 11.0 Å². The summed E-state index contributed by atoms with van der Waals surface area (Å²) in [5, 5.41) is 8.39. The Morgan fingerprint density at radius 3 is 3.12 bits per heavy atom. The van der Waals surface area contributed by atoms with E-state index in [1.165, 1.54) is 25.0 Å². The monoisotopic (exact) mass is 220 g/mol. The number of nitrogens with zero attached hydrogens (tertiary/aromatic N) is 1. The Balaban J connectivity index is 2.03. The van der Waals surface area contributed by atoms with Crippen LogP contribution in [0.4, 0.5) is 4.39 Å². The lowest BCUT2D eigenvalue weighted by Gasteiger charge is -2.21. The molecular weight excluding hydrogens is 207 g/mol. The summed E-state index contributed by atoms with van der Waals surface area (Å²) in [6.07, 6.45) is 3.48. The third-order valence-corrected chi connectivity index (χ3v) is 3.10. The summed E-state index contributed by atoms with van der Waals surface area (Å²) in [4.78, 5) is 0. The molecule has 2 heterocycles. The van der Waals surface area contributed by atoms with Crippen molar-refractivity contribution in [2.75, 3.05) is 6.54 Å². The van der Waals surface area contributed by atoms with Crippen LogP contribution in [0.5, 0.6) is 0 Å². The number of hydrogen-bond donors (Lipinski definition) is 1. The molecule has 1 aliphatic heterocycles. The van der Waals surface area contributed by atoms with Crippen molar-refractivity contribution in [3.8, 4) is 0 Å². The molecule has 1 fully saturated rings. The summed E-state index contributed by atoms with van der Waals surface area (Å²) in [7, 11) is 0. The number of piperidine rings is 1. The zero-order valence-corrected chi connectivity index (χ0v) is 8.87. The van der Waals surface area contributed by atoms with E-state index in [0.29, 0.717) is 5.58 Å². The molecule has 0 spiro atoms. The van der Waals surface area contributed by atoms with Crippen LogP contribution in [-0.2, 0) is 0 Å². The molecule has 3 nitrogen and oxygen atoms in total. The van der Waals surface area contributed by atoms with E-state index in [4.69, 9.17) is 4.52 Å². The predicted molar refractivity (Wildman–Crippen MR) is 58.6 cm³/mol. The van der Waals surface area contributed by atoms with Gasteiger partial charge in [-0.3, -0.25) is 0 Å². The molecule has 1 aliphatic rings. The van der Waals surface area contributed by atoms with Gasteiger partial charge in [0, 0.05) is 11.5 Å². The molecule has 0 radical (unpaired) electrons. The average molecular weight is 220 g/mol. The fraction of sp³-hybridized carbons (Fsp3) is 0.417. The highest BCUT2D eigenvalue weighted by Gasteiger charge is 2.20. The van der Waals surface area contributed by atoms with Gasteiger partial charge in [-0.15, -0.1) is 0 Å². The van der Waals surface area contributed by atoms with Crippen LogP contribution in [0.3, 0.4) is 0 Å². The van der Waals surface area contributed by atoms with Crippen molar-refractivity contribution in [3.05, 3.63) is 29.7 Å². The van der Waals surface area contributed by atoms with Gasteiger partial charge in [-0.2, -0.15) is 0 Å². The number of fused-ring (bicyclic) bond motifs is 1. The maximum atomic E-state index is 13.0. The second kappa shape index (κ2) is 3.87. The Labute approximate surface area is 92.6 Å². The lowest BCUT2D eigenvalue weighted by atomic mass is 10.00. The molecule has 3 rings (SSSR count). The number of halogens is 1. The highest BCUT2D eigenvalue weighted by molar-refractivity contribution is 5.79. The molecular formula is C12H13FN2O. The van der Waals surface area contributed by atoms with E-state index in [1.807, 2.05) is 0 Å². The molecule has 1 N–H and O–H groups in total. The van der Waals surface area contributed by atoms with Crippen LogP contribution in [0, 0.1) is 5.82 Å². The van der Waals surface area contributed by atoms with Crippen LogP contribution in [0.2, 0.25) is 0 Å². The van der Waals surface area contributed by atoms with E-state index >= 15 is 0 Å². The average Bonchev–Trinajstić information content (AvgIpc) is 2.73. The zero-order valence-electron chi connectivity index (χ0n) is 8.87. The lowest BCUT2D eigenvalue weighted by molar-refractivity contribution is 0.375. The van der Waals surface area contributed by atoms with E-state index in [-0.39, 0.29) is 11.9 Å². The Hall–Kier alpha value is -1.42. The predicted octanol–water partition coefficient (Wildman–Crippen LogP) is 2.78. The van der Waals surface area contributed by atoms with Crippen molar-refractivity contribution in [2.24, 2.45) is 0 Å². The molecule has 4 heteroatoms. The Kier molecular flexibility index (Phi) is 2.36. The van der Waals surface area contributed by atoms with Gasteiger partial charge in [0.2, 0.25) is 0 Å². The van der Waals surface area contributed by atoms with Gasteiger partial charge in [0.05, 0.1) is 6.04 Å². The van der Waals surface area contributed by atoms with Crippen LogP contribution < -0.4 is 5.32 Å². The van der Waals surface area contributed by atoms with Crippen molar-refractivity contribution in [2.45, 2.75) is 25.3 Å². The SMILES string of the molecule is Fc1ccc2c(C3CCCCN3)noc2c1. The third-order valence-electron chi connectivity index (χ3n) is 3.10. The molecule has 2 aromatic rings. The molecule has 0 amide bonds. The maximum absolute atomic E-state index is 13.0. The van der Waals surface area contributed by atoms with Gasteiger partial charge in [0.25, 0.3) is 0 Å². The minimum absolute atomic E-state index is 0.250. The highest BCUT2D eigenvalue weighted by Crippen LogP contribution is 2.28. The smallest absolute Gasteiger partial charge is 0.170 e.